The van der Waals surface area contributed by atoms with Gasteiger partial charge in [-0.05, 0) is 48.8 Å². The van der Waals surface area contributed by atoms with E-state index in [1.165, 1.54) is 24.0 Å². The monoisotopic (exact) mass is 352 g/mol. The first-order valence-electron chi connectivity index (χ1n) is 8.16. The van der Waals surface area contributed by atoms with Crippen molar-refractivity contribution in [1.82, 2.24) is 0 Å². The summed E-state index contributed by atoms with van der Waals surface area (Å²) in [5, 5.41) is 0. The Labute approximate surface area is 138 Å². The van der Waals surface area contributed by atoms with Gasteiger partial charge in [0.05, 0.1) is 0 Å². The lowest BCUT2D eigenvalue weighted by Gasteiger charge is -2.53. The zero-order valence-electron chi connectivity index (χ0n) is 14.3. The molecule has 2 atom stereocenters. The number of hydrogen-bond donors (Lipinski definition) is 0. The first-order valence-corrected chi connectivity index (χ1v) is 9.08. The molecule has 1 fully saturated rings. The van der Waals surface area contributed by atoms with Gasteiger partial charge >= 0.3 is 0 Å². The highest BCUT2D eigenvalue weighted by molar-refractivity contribution is 9.09. The molecule has 0 spiro atoms. The Kier molecular flexibility index (Phi) is 4.78. The van der Waals surface area contributed by atoms with E-state index in [2.05, 4.69) is 75.7 Å². The molecular weight excluding hydrogens is 324 g/mol. The summed E-state index contributed by atoms with van der Waals surface area (Å²) in [6.07, 6.45) is 3.78. The lowest BCUT2D eigenvalue weighted by Crippen LogP contribution is -2.56. The second kappa shape index (κ2) is 5.95. The number of benzene rings is 1. The van der Waals surface area contributed by atoms with Crippen LogP contribution in [0.15, 0.2) is 18.2 Å². The summed E-state index contributed by atoms with van der Waals surface area (Å²) in [5.41, 5.74) is 2.99. The maximum atomic E-state index is 6.53. The summed E-state index contributed by atoms with van der Waals surface area (Å²) in [7, 11) is 0. The van der Waals surface area contributed by atoms with Crippen LogP contribution in [-0.4, -0.2) is 10.9 Å². The lowest BCUT2D eigenvalue weighted by molar-refractivity contribution is -0.0419. The Morgan fingerprint density at radius 1 is 1.24 bits per heavy atom. The Balaban J connectivity index is 2.30. The van der Waals surface area contributed by atoms with Crippen molar-refractivity contribution in [3.05, 3.63) is 29.3 Å². The molecule has 1 aromatic carbocycles. The molecule has 0 aromatic heterocycles. The van der Waals surface area contributed by atoms with Gasteiger partial charge in [-0.3, -0.25) is 0 Å². The first kappa shape index (κ1) is 16.9. The molecule has 1 saturated carbocycles. The van der Waals surface area contributed by atoms with Gasteiger partial charge in [0.15, 0.2) is 0 Å². The Morgan fingerprint density at radius 3 is 2.33 bits per heavy atom. The van der Waals surface area contributed by atoms with Gasteiger partial charge < -0.3 is 4.74 Å². The zero-order valence-corrected chi connectivity index (χ0v) is 15.9. The zero-order chi connectivity index (χ0) is 15.8. The molecule has 21 heavy (non-hydrogen) atoms. The van der Waals surface area contributed by atoms with E-state index in [1.54, 1.807) is 0 Å². The van der Waals surface area contributed by atoms with Crippen LogP contribution in [0.1, 0.15) is 65.0 Å². The van der Waals surface area contributed by atoms with E-state index in [0.29, 0.717) is 16.3 Å². The third-order valence-electron chi connectivity index (χ3n) is 5.22. The molecule has 118 valence electrons. The fourth-order valence-electron chi connectivity index (χ4n) is 3.51. The maximum absolute atomic E-state index is 6.53. The van der Waals surface area contributed by atoms with E-state index in [1.807, 2.05) is 0 Å². The molecule has 0 amide bonds. The second-order valence-electron chi connectivity index (χ2n) is 7.50. The van der Waals surface area contributed by atoms with Crippen LogP contribution in [0.2, 0.25) is 0 Å². The number of rotatable bonds is 4. The average molecular weight is 353 g/mol. The topological polar surface area (TPSA) is 9.23 Å². The molecule has 1 nitrogen and oxygen atoms in total. The number of ether oxygens (including phenoxy) is 1. The van der Waals surface area contributed by atoms with Crippen LogP contribution in [0.4, 0.5) is 0 Å². The molecular formula is C19H29BrO. The highest BCUT2D eigenvalue weighted by Gasteiger charge is 2.53. The van der Waals surface area contributed by atoms with E-state index < -0.39 is 0 Å². The van der Waals surface area contributed by atoms with Gasteiger partial charge in [-0.15, -0.1) is 0 Å². The van der Waals surface area contributed by atoms with Crippen LogP contribution < -0.4 is 4.74 Å². The SMILES string of the molecule is CCC1(CC)C(Br)CC1Oc1cc(C)ccc1C(C)(C)C. The summed E-state index contributed by atoms with van der Waals surface area (Å²) >= 11 is 3.85. The molecule has 0 heterocycles. The van der Waals surface area contributed by atoms with Gasteiger partial charge in [0.2, 0.25) is 0 Å². The number of alkyl halides is 1. The fraction of sp³-hybridized carbons (Fsp3) is 0.684. The summed E-state index contributed by atoms with van der Waals surface area (Å²) in [6, 6.07) is 6.63. The van der Waals surface area contributed by atoms with Crippen LogP contribution in [0, 0.1) is 12.3 Å². The maximum Gasteiger partial charge on any atom is 0.123 e. The quantitative estimate of drug-likeness (QED) is 0.602. The normalized spacial score (nSPS) is 24.5. The van der Waals surface area contributed by atoms with E-state index >= 15 is 0 Å². The predicted molar refractivity (Wildman–Crippen MR) is 94.6 cm³/mol. The Bertz CT molecular complexity index is 497. The van der Waals surface area contributed by atoms with Crippen LogP contribution in [-0.2, 0) is 5.41 Å². The Morgan fingerprint density at radius 2 is 1.86 bits per heavy atom. The minimum atomic E-state index is 0.113. The van der Waals surface area contributed by atoms with Gasteiger partial charge in [-0.25, -0.2) is 0 Å². The summed E-state index contributed by atoms with van der Waals surface area (Å²) < 4.78 is 6.53. The minimum Gasteiger partial charge on any atom is -0.489 e. The number of halogens is 1. The van der Waals surface area contributed by atoms with Crippen molar-refractivity contribution >= 4 is 15.9 Å². The number of aryl methyl sites for hydroxylation is 1. The summed E-state index contributed by atoms with van der Waals surface area (Å²) in [4.78, 5) is 0.591. The molecule has 2 heteroatoms. The van der Waals surface area contributed by atoms with E-state index in [-0.39, 0.29) is 5.41 Å². The Hall–Kier alpha value is -0.500. The third kappa shape index (κ3) is 3.02. The smallest absolute Gasteiger partial charge is 0.123 e. The molecule has 0 radical (unpaired) electrons. The molecule has 2 unspecified atom stereocenters. The molecule has 0 bridgehead atoms. The number of hydrogen-bond acceptors (Lipinski definition) is 1. The first-order chi connectivity index (χ1) is 9.74. The highest BCUT2D eigenvalue weighted by Crippen LogP contribution is 2.53. The molecule has 1 aromatic rings. The molecule has 1 aliphatic rings. The van der Waals surface area contributed by atoms with Crippen LogP contribution >= 0.6 is 15.9 Å². The van der Waals surface area contributed by atoms with Crippen LogP contribution in [0.25, 0.3) is 0 Å². The van der Waals surface area contributed by atoms with Gasteiger partial charge in [-0.1, -0.05) is 62.7 Å². The summed E-state index contributed by atoms with van der Waals surface area (Å²) in [5.74, 6) is 1.08. The minimum absolute atomic E-state index is 0.113. The lowest BCUT2D eigenvalue weighted by atomic mass is 9.62. The van der Waals surface area contributed by atoms with Crippen molar-refractivity contribution < 1.29 is 4.74 Å². The van der Waals surface area contributed by atoms with Crippen molar-refractivity contribution in [3.63, 3.8) is 0 Å². The van der Waals surface area contributed by atoms with Gasteiger partial charge in [0, 0.05) is 10.2 Å². The standard InChI is InChI=1S/C19H29BrO/c1-7-19(8-2)16(20)12-17(19)21-15-11-13(3)9-10-14(15)18(4,5)6/h9-11,16-17H,7-8,12H2,1-6H3. The van der Waals surface area contributed by atoms with Gasteiger partial charge in [0.1, 0.15) is 11.9 Å². The fourth-order valence-corrected chi connectivity index (χ4v) is 4.79. The van der Waals surface area contributed by atoms with Gasteiger partial charge in [0.25, 0.3) is 0 Å². The predicted octanol–water partition coefficient (Wildman–Crippen LogP) is 6.01. The molecule has 1 aliphatic carbocycles. The second-order valence-corrected chi connectivity index (χ2v) is 8.60. The van der Waals surface area contributed by atoms with Crippen molar-refractivity contribution in [2.24, 2.45) is 5.41 Å². The van der Waals surface area contributed by atoms with E-state index in [0.717, 1.165) is 12.2 Å². The molecule has 0 saturated heterocycles. The summed E-state index contributed by atoms with van der Waals surface area (Å²) in [6.45, 7) is 13.5. The van der Waals surface area contributed by atoms with Gasteiger partial charge in [-0.2, -0.15) is 0 Å². The molecule has 0 N–H and O–H groups in total. The van der Waals surface area contributed by atoms with Crippen molar-refractivity contribution in [3.8, 4) is 5.75 Å². The highest BCUT2D eigenvalue weighted by atomic mass is 79.9. The molecule has 2 rings (SSSR count). The average Bonchev–Trinajstić information content (AvgIpc) is 2.38. The van der Waals surface area contributed by atoms with Crippen molar-refractivity contribution in [2.75, 3.05) is 0 Å². The van der Waals surface area contributed by atoms with E-state index in [4.69, 9.17) is 4.74 Å². The largest absolute Gasteiger partial charge is 0.489 e. The van der Waals surface area contributed by atoms with Crippen molar-refractivity contribution in [1.29, 1.82) is 0 Å². The molecule has 0 aliphatic heterocycles. The van der Waals surface area contributed by atoms with Crippen molar-refractivity contribution in [2.45, 2.75) is 77.2 Å². The van der Waals surface area contributed by atoms with Crippen LogP contribution in [0.5, 0.6) is 5.75 Å². The van der Waals surface area contributed by atoms with Crippen LogP contribution in [0.3, 0.4) is 0 Å². The van der Waals surface area contributed by atoms with E-state index in [9.17, 15) is 0 Å². The third-order valence-corrected chi connectivity index (χ3v) is 6.50.